The highest BCUT2D eigenvalue weighted by Crippen LogP contribution is 2.35. The lowest BCUT2D eigenvalue weighted by Crippen LogP contribution is -2.07. The molecule has 0 fully saturated rings. The molecule has 5 rings (SSSR count). The summed E-state index contributed by atoms with van der Waals surface area (Å²) < 4.78 is 20.4. The molecule has 4 heterocycles. The molecule has 5 aromatic rings. The molecule has 0 aliphatic carbocycles. The van der Waals surface area contributed by atoms with E-state index in [2.05, 4.69) is 4.98 Å². The molecule has 0 spiro atoms. The van der Waals surface area contributed by atoms with Gasteiger partial charge in [-0.1, -0.05) is 6.07 Å². The van der Waals surface area contributed by atoms with Crippen molar-refractivity contribution in [2.75, 3.05) is 0 Å². The van der Waals surface area contributed by atoms with E-state index in [4.69, 9.17) is 9.52 Å². The second kappa shape index (κ2) is 6.83. The van der Waals surface area contributed by atoms with Crippen LogP contribution in [0.15, 0.2) is 89.8 Å². The molecular formula is C23H14FN3O2. The zero-order valence-electron chi connectivity index (χ0n) is 15.1. The fraction of sp³-hybridized carbons (Fsp3) is 0. The van der Waals surface area contributed by atoms with E-state index < -0.39 is 0 Å². The van der Waals surface area contributed by atoms with E-state index in [1.807, 2.05) is 24.3 Å². The third kappa shape index (κ3) is 2.91. The Morgan fingerprint density at radius 3 is 2.41 bits per heavy atom. The Morgan fingerprint density at radius 1 is 0.897 bits per heavy atom. The number of ketones is 1. The number of furan rings is 1. The van der Waals surface area contributed by atoms with Gasteiger partial charge >= 0.3 is 0 Å². The zero-order chi connectivity index (χ0) is 19.8. The van der Waals surface area contributed by atoms with Crippen LogP contribution in [0.1, 0.15) is 16.2 Å². The quantitative estimate of drug-likeness (QED) is 0.409. The third-order valence-corrected chi connectivity index (χ3v) is 4.72. The second-order valence-electron chi connectivity index (χ2n) is 6.48. The minimum atomic E-state index is -0.323. The van der Waals surface area contributed by atoms with Crippen LogP contribution in [0.5, 0.6) is 0 Å². The molecule has 0 unspecified atom stereocenters. The van der Waals surface area contributed by atoms with Crippen molar-refractivity contribution in [3.8, 4) is 22.4 Å². The average molecular weight is 383 g/mol. The molecule has 0 saturated heterocycles. The first-order valence-electron chi connectivity index (χ1n) is 8.98. The molecule has 4 aromatic heterocycles. The molecule has 0 aliphatic rings. The van der Waals surface area contributed by atoms with Crippen molar-refractivity contribution in [1.82, 2.24) is 14.6 Å². The SMILES string of the molecule is O=C(c1ccco1)c1cccc2c(-c3ccncc3)c(-c3ccc(F)cc3)nn12. The van der Waals surface area contributed by atoms with Crippen molar-refractivity contribution in [3.63, 3.8) is 0 Å². The van der Waals surface area contributed by atoms with E-state index in [1.54, 1.807) is 47.2 Å². The molecule has 0 saturated carbocycles. The molecular weight excluding hydrogens is 369 g/mol. The maximum atomic E-state index is 13.5. The van der Waals surface area contributed by atoms with Crippen LogP contribution in [-0.2, 0) is 0 Å². The number of fused-ring (bicyclic) bond motifs is 1. The number of hydrogen-bond donors (Lipinski definition) is 0. The highest BCUT2D eigenvalue weighted by Gasteiger charge is 2.22. The second-order valence-corrected chi connectivity index (χ2v) is 6.48. The lowest BCUT2D eigenvalue weighted by molar-refractivity contribution is 0.100. The minimum absolute atomic E-state index is 0.238. The van der Waals surface area contributed by atoms with Gasteiger partial charge in [0.05, 0.1) is 11.8 Å². The molecule has 6 heteroatoms. The Kier molecular flexibility index (Phi) is 4.02. The number of carbonyl (C=O) groups excluding carboxylic acids is 1. The average Bonchev–Trinajstić information content (AvgIpc) is 3.42. The Labute approximate surface area is 165 Å². The number of carbonyl (C=O) groups is 1. The van der Waals surface area contributed by atoms with Gasteiger partial charge in [-0.05, 0) is 66.2 Å². The summed E-state index contributed by atoms with van der Waals surface area (Å²) in [7, 11) is 0. The third-order valence-electron chi connectivity index (χ3n) is 4.72. The molecule has 5 nitrogen and oxygen atoms in total. The summed E-state index contributed by atoms with van der Waals surface area (Å²) in [5, 5.41) is 4.73. The first-order chi connectivity index (χ1) is 14.2. The number of hydrogen-bond acceptors (Lipinski definition) is 4. The number of rotatable bonds is 4. The highest BCUT2D eigenvalue weighted by atomic mass is 19.1. The smallest absolute Gasteiger partial charge is 0.246 e. The Hall–Kier alpha value is -4.06. The predicted octanol–water partition coefficient (Wildman–Crippen LogP) is 5.03. The van der Waals surface area contributed by atoms with Gasteiger partial charge in [0, 0.05) is 23.5 Å². The molecule has 0 radical (unpaired) electrons. The van der Waals surface area contributed by atoms with Gasteiger partial charge in [-0.2, -0.15) is 5.10 Å². The van der Waals surface area contributed by atoms with E-state index in [0.717, 1.165) is 22.2 Å². The van der Waals surface area contributed by atoms with Crippen molar-refractivity contribution in [2.24, 2.45) is 0 Å². The highest BCUT2D eigenvalue weighted by molar-refractivity contribution is 6.07. The van der Waals surface area contributed by atoms with Gasteiger partial charge in [0.2, 0.25) is 5.78 Å². The summed E-state index contributed by atoms with van der Waals surface area (Å²) in [6.45, 7) is 0. The van der Waals surface area contributed by atoms with Crippen molar-refractivity contribution in [1.29, 1.82) is 0 Å². The van der Waals surface area contributed by atoms with E-state index in [0.29, 0.717) is 11.4 Å². The van der Waals surface area contributed by atoms with E-state index in [9.17, 15) is 9.18 Å². The Bertz CT molecular complexity index is 1310. The van der Waals surface area contributed by atoms with Crippen molar-refractivity contribution in [2.45, 2.75) is 0 Å². The van der Waals surface area contributed by atoms with Crippen LogP contribution in [0.2, 0.25) is 0 Å². The van der Waals surface area contributed by atoms with Crippen molar-refractivity contribution < 1.29 is 13.6 Å². The van der Waals surface area contributed by atoms with E-state index >= 15 is 0 Å². The number of benzene rings is 1. The Morgan fingerprint density at radius 2 is 1.69 bits per heavy atom. The van der Waals surface area contributed by atoms with Gasteiger partial charge in [0.25, 0.3) is 0 Å². The topological polar surface area (TPSA) is 60.4 Å². The van der Waals surface area contributed by atoms with Gasteiger partial charge in [-0.25, -0.2) is 8.91 Å². The first-order valence-corrected chi connectivity index (χ1v) is 8.98. The standard InChI is InChI=1S/C23H14FN3O2/c24-17-8-6-16(7-9-17)22-21(15-10-12-25-13-11-15)18-3-1-4-19(27(18)26-22)23(28)20-5-2-14-29-20/h1-14H. The normalized spacial score (nSPS) is 11.1. The van der Waals surface area contributed by atoms with E-state index in [-0.39, 0.29) is 17.4 Å². The fourth-order valence-corrected chi connectivity index (χ4v) is 3.39. The summed E-state index contributed by atoms with van der Waals surface area (Å²) >= 11 is 0. The lowest BCUT2D eigenvalue weighted by atomic mass is 10.0. The molecule has 0 bridgehead atoms. The molecule has 0 atom stereocenters. The summed E-state index contributed by atoms with van der Waals surface area (Å²) in [4.78, 5) is 17.0. The number of nitrogens with zero attached hydrogens (tertiary/aromatic N) is 3. The molecule has 0 aliphatic heterocycles. The molecule has 0 amide bonds. The van der Waals surface area contributed by atoms with Gasteiger partial charge in [0.1, 0.15) is 17.2 Å². The molecule has 0 N–H and O–H groups in total. The van der Waals surface area contributed by atoms with Crippen LogP contribution >= 0.6 is 0 Å². The lowest BCUT2D eigenvalue weighted by Gasteiger charge is -2.04. The van der Waals surface area contributed by atoms with Gasteiger partial charge in [0.15, 0.2) is 5.76 Å². The van der Waals surface area contributed by atoms with Gasteiger partial charge in [-0.15, -0.1) is 0 Å². The van der Waals surface area contributed by atoms with Gasteiger partial charge in [-0.3, -0.25) is 9.78 Å². The van der Waals surface area contributed by atoms with Gasteiger partial charge < -0.3 is 4.42 Å². The maximum absolute atomic E-state index is 13.5. The number of aromatic nitrogens is 3. The van der Waals surface area contributed by atoms with Crippen LogP contribution in [0.4, 0.5) is 4.39 Å². The van der Waals surface area contributed by atoms with Crippen LogP contribution in [0, 0.1) is 5.82 Å². The van der Waals surface area contributed by atoms with Crippen LogP contribution in [0.3, 0.4) is 0 Å². The Balaban J connectivity index is 1.80. The maximum Gasteiger partial charge on any atom is 0.246 e. The van der Waals surface area contributed by atoms with Crippen molar-refractivity contribution in [3.05, 3.63) is 103 Å². The van der Waals surface area contributed by atoms with Crippen LogP contribution < -0.4 is 0 Å². The molecule has 140 valence electrons. The summed E-state index contributed by atoms with van der Waals surface area (Å²) in [6, 6.07) is 18.6. The summed E-state index contributed by atoms with van der Waals surface area (Å²) in [6.07, 6.45) is 4.86. The molecule has 1 aromatic carbocycles. The minimum Gasteiger partial charge on any atom is -0.461 e. The fourth-order valence-electron chi connectivity index (χ4n) is 3.39. The summed E-state index contributed by atoms with van der Waals surface area (Å²) in [5.74, 6) is -0.353. The van der Waals surface area contributed by atoms with E-state index in [1.165, 1.54) is 18.4 Å². The zero-order valence-corrected chi connectivity index (χ0v) is 15.1. The van der Waals surface area contributed by atoms with Crippen LogP contribution in [-0.4, -0.2) is 20.4 Å². The first kappa shape index (κ1) is 17.1. The van der Waals surface area contributed by atoms with Crippen LogP contribution in [0.25, 0.3) is 27.9 Å². The summed E-state index contributed by atoms with van der Waals surface area (Å²) in [5.41, 5.74) is 4.27. The van der Waals surface area contributed by atoms with Crippen molar-refractivity contribution >= 4 is 11.3 Å². The molecule has 29 heavy (non-hydrogen) atoms. The number of pyridine rings is 2. The largest absolute Gasteiger partial charge is 0.461 e. The number of halogens is 1. The monoisotopic (exact) mass is 383 g/mol. The predicted molar refractivity (Wildman–Crippen MR) is 106 cm³/mol.